The number of aromatic amines is 2. The van der Waals surface area contributed by atoms with Crippen LogP contribution in [0.4, 0.5) is 17.6 Å². The molecule has 12 N–H and O–H groups in total. The lowest BCUT2D eigenvalue weighted by Crippen LogP contribution is -2.33. The van der Waals surface area contributed by atoms with Gasteiger partial charge in [0.05, 0.1) is 63.5 Å². The summed E-state index contributed by atoms with van der Waals surface area (Å²) in [7, 11) is 0. The zero-order chi connectivity index (χ0) is 50.6. The second-order valence-electron chi connectivity index (χ2n) is 18.0. The average molecular weight is 980 g/mol. The minimum absolute atomic E-state index is 0.0273. The quantitative estimate of drug-likeness (QED) is 0.0923. The van der Waals surface area contributed by atoms with Gasteiger partial charge in [0.2, 0.25) is 5.95 Å². The van der Waals surface area contributed by atoms with Crippen LogP contribution >= 0.6 is 0 Å². The SMILES string of the molecule is CC1CC(n2ccc(N)nc2=O)OC1CO.CC1CC(n2cnc3c(=O)[nH]c(N)nc32)OC1CO.CC1CC(n2cnc3c(N)ncnc32)OC1CO.Cc1cn(C2CC(C)C(CO)O2)c(=O)[nH]c1=O. The van der Waals surface area contributed by atoms with Crippen LogP contribution in [-0.4, -0.2) is 129 Å². The predicted octanol–water partition coefficient (Wildman–Crippen LogP) is -0.556. The van der Waals surface area contributed by atoms with Crippen molar-refractivity contribution in [3.8, 4) is 0 Å². The Bertz CT molecular complexity index is 2970. The summed E-state index contributed by atoms with van der Waals surface area (Å²) in [6.45, 7) is 9.56. The molecule has 6 aromatic heterocycles. The molecule has 380 valence electrons. The minimum atomic E-state index is -0.476. The van der Waals surface area contributed by atoms with Gasteiger partial charge in [-0.15, -0.1) is 0 Å². The highest BCUT2D eigenvalue weighted by Gasteiger charge is 2.36. The molecule has 12 atom stereocenters. The van der Waals surface area contributed by atoms with Crippen LogP contribution in [0.15, 0.2) is 56.6 Å². The Morgan fingerprint density at radius 1 is 0.600 bits per heavy atom. The van der Waals surface area contributed by atoms with Gasteiger partial charge in [0, 0.05) is 18.0 Å². The van der Waals surface area contributed by atoms with E-state index in [0.29, 0.717) is 47.0 Å². The van der Waals surface area contributed by atoms with E-state index in [2.05, 4.69) is 46.8 Å². The number of hydrogen-bond donors (Lipinski definition) is 9. The van der Waals surface area contributed by atoms with Crippen LogP contribution in [0.1, 0.15) is 83.9 Å². The third-order valence-corrected chi connectivity index (χ3v) is 13.0. The Kier molecular flexibility index (Phi) is 16.2. The van der Waals surface area contributed by atoms with Crippen molar-refractivity contribution in [2.75, 3.05) is 43.6 Å². The normalized spacial score (nSPS) is 28.2. The highest BCUT2D eigenvalue weighted by molar-refractivity contribution is 5.81. The number of nitrogens with one attached hydrogen (secondary N) is 2. The molecule has 0 amide bonds. The topological polar surface area (TPSA) is 393 Å². The standard InChI is InChI=1S/C11H15N5O3.C11H15N5O2.C11H16N2O4.C10H15N3O3/c1-5-2-7(19-6(5)3-17)16-4-13-8-9(16)14-11(12)15-10(8)18;1-6-2-8(18-7(6)3-17)16-5-15-9-10(12)13-4-14-11(9)16;1-6-3-9(17-8(6)5-14)13-4-7(2)10(15)12-11(13)16;1-6-4-9(16-7(6)5-14)13-3-2-8(11)12-10(13)15/h4-7,17H,2-3H2,1H3,(H3,12,14,15,18);4-8,17H,2-3H2,1H3,(H2,12,13,14);4,6,8-9,14H,3,5H2,1-2H3,(H,12,15,16);2-3,6-7,9,14H,4-5H2,1H3,(H2,11,12,15). The maximum absolute atomic E-state index is 11.7. The summed E-state index contributed by atoms with van der Waals surface area (Å²) in [6, 6.07) is 1.56. The van der Waals surface area contributed by atoms with Crippen LogP contribution in [-0.2, 0) is 18.9 Å². The van der Waals surface area contributed by atoms with Crippen molar-refractivity contribution in [1.29, 1.82) is 0 Å². The van der Waals surface area contributed by atoms with E-state index >= 15 is 0 Å². The van der Waals surface area contributed by atoms with E-state index < -0.39 is 17.6 Å². The second kappa shape index (κ2) is 22.1. The van der Waals surface area contributed by atoms with E-state index in [1.54, 1.807) is 30.1 Å². The molecule has 0 radical (unpaired) electrons. The summed E-state index contributed by atoms with van der Waals surface area (Å²) in [6.07, 6.45) is 8.54. The molecule has 12 unspecified atom stereocenters. The number of nitrogens with zero attached hydrogens (tertiary/aromatic N) is 10. The van der Waals surface area contributed by atoms with E-state index in [-0.39, 0.29) is 116 Å². The van der Waals surface area contributed by atoms with E-state index in [1.165, 1.54) is 28.0 Å². The van der Waals surface area contributed by atoms with Crippen LogP contribution in [0, 0.1) is 30.6 Å². The zero-order valence-corrected chi connectivity index (χ0v) is 39.3. The highest BCUT2D eigenvalue weighted by atomic mass is 16.5. The lowest BCUT2D eigenvalue weighted by Gasteiger charge is -2.14. The lowest BCUT2D eigenvalue weighted by atomic mass is 10.0. The second-order valence-corrected chi connectivity index (χ2v) is 18.0. The number of imidazole rings is 2. The maximum Gasteiger partial charge on any atom is 0.351 e. The summed E-state index contributed by atoms with van der Waals surface area (Å²) in [5.74, 6) is 1.55. The molecule has 0 aliphatic carbocycles. The van der Waals surface area contributed by atoms with Crippen molar-refractivity contribution >= 4 is 39.9 Å². The molecular weight excluding hydrogens is 919 g/mol. The number of rotatable bonds is 8. The van der Waals surface area contributed by atoms with Crippen molar-refractivity contribution in [2.24, 2.45) is 23.7 Å². The molecule has 0 saturated carbocycles. The van der Waals surface area contributed by atoms with Gasteiger partial charge in [-0.3, -0.25) is 37.8 Å². The van der Waals surface area contributed by atoms with Gasteiger partial charge in [-0.2, -0.15) is 9.97 Å². The first-order chi connectivity index (χ1) is 33.4. The Balaban J connectivity index is 0.000000138. The minimum Gasteiger partial charge on any atom is -0.394 e. The average Bonchev–Trinajstić information content (AvgIpc) is 4.20. The van der Waals surface area contributed by atoms with Crippen molar-refractivity contribution in [3.63, 3.8) is 0 Å². The number of aryl methyl sites for hydroxylation is 1. The molecule has 0 bridgehead atoms. The van der Waals surface area contributed by atoms with Crippen molar-refractivity contribution in [3.05, 3.63) is 84.7 Å². The third-order valence-electron chi connectivity index (χ3n) is 13.0. The number of ether oxygens (including phenoxy) is 4. The highest BCUT2D eigenvalue weighted by Crippen LogP contribution is 2.36. The van der Waals surface area contributed by atoms with Crippen LogP contribution in [0.25, 0.3) is 22.3 Å². The van der Waals surface area contributed by atoms with Crippen LogP contribution in [0.3, 0.4) is 0 Å². The maximum atomic E-state index is 11.7. The summed E-state index contributed by atoms with van der Waals surface area (Å²) in [4.78, 5) is 74.8. The van der Waals surface area contributed by atoms with Gasteiger partial charge in [-0.25, -0.2) is 29.5 Å². The van der Waals surface area contributed by atoms with Gasteiger partial charge < -0.3 is 56.6 Å². The smallest absolute Gasteiger partial charge is 0.351 e. The molecule has 4 aliphatic heterocycles. The van der Waals surface area contributed by atoms with Gasteiger partial charge >= 0.3 is 11.4 Å². The van der Waals surface area contributed by atoms with Crippen LogP contribution in [0.2, 0.25) is 0 Å². The first-order valence-corrected chi connectivity index (χ1v) is 22.8. The summed E-state index contributed by atoms with van der Waals surface area (Å²) >= 11 is 0. The molecule has 10 rings (SSSR count). The largest absolute Gasteiger partial charge is 0.394 e. The molecule has 4 saturated heterocycles. The molecular formula is C43H61N15O12. The molecule has 0 spiro atoms. The van der Waals surface area contributed by atoms with E-state index in [0.717, 1.165) is 12.8 Å². The summed E-state index contributed by atoms with van der Waals surface area (Å²) < 4.78 is 29.0. The number of nitrogens with two attached hydrogens (primary N) is 3. The van der Waals surface area contributed by atoms with Gasteiger partial charge in [-0.1, -0.05) is 27.7 Å². The van der Waals surface area contributed by atoms with Gasteiger partial charge in [-0.05, 0) is 62.3 Å². The van der Waals surface area contributed by atoms with Crippen molar-refractivity contribution in [1.82, 2.24) is 58.1 Å². The zero-order valence-electron chi connectivity index (χ0n) is 39.3. The van der Waals surface area contributed by atoms with E-state index in [1.807, 2.05) is 25.3 Å². The first-order valence-electron chi connectivity index (χ1n) is 22.8. The Hall–Kier alpha value is -6.46. The molecule has 27 nitrogen and oxygen atoms in total. The number of aliphatic hydroxyl groups excluding tert-OH is 4. The third kappa shape index (κ3) is 11.1. The first kappa shape index (κ1) is 51.4. The van der Waals surface area contributed by atoms with Crippen molar-refractivity contribution in [2.45, 2.75) is 110 Å². The fraction of sp³-hybridized carbons (Fsp3) is 0.581. The number of nitrogen functional groups attached to an aromatic ring is 3. The van der Waals surface area contributed by atoms with E-state index in [9.17, 15) is 29.4 Å². The number of fused-ring (bicyclic) bond motifs is 2. The molecule has 0 aromatic carbocycles. The Morgan fingerprint density at radius 2 is 1.07 bits per heavy atom. The van der Waals surface area contributed by atoms with Crippen LogP contribution < -0.4 is 39.7 Å². The van der Waals surface area contributed by atoms with Gasteiger partial charge in [0.15, 0.2) is 22.6 Å². The molecule has 27 heteroatoms. The van der Waals surface area contributed by atoms with Gasteiger partial charge in [0.25, 0.3) is 11.1 Å². The molecule has 70 heavy (non-hydrogen) atoms. The van der Waals surface area contributed by atoms with E-state index in [4.69, 9.17) is 46.4 Å². The lowest BCUT2D eigenvalue weighted by molar-refractivity contribution is -0.0314. The fourth-order valence-corrected chi connectivity index (χ4v) is 8.73. The number of aromatic nitrogens is 12. The molecule has 6 aromatic rings. The Labute approximate surface area is 398 Å². The summed E-state index contributed by atoms with van der Waals surface area (Å²) in [5, 5.41) is 36.6. The fourth-order valence-electron chi connectivity index (χ4n) is 8.73. The van der Waals surface area contributed by atoms with Crippen LogP contribution in [0.5, 0.6) is 0 Å². The monoisotopic (exact) mass is 979 g/mol. The predicted molar refractivity (Wildman–Crippen MR) is 250 cm³/mol. The summed E-state index contributed by atoms with van der Waals surface area (Å²) in [5.41, 5.74) is 17.4. The Morgan fingerprint density at radius 3 is 1.56 bits per heavy atom. The molecule has 10 heterocycles. The molecule has 4 aliphatic rings. The number of hydrogen-bond acceptors (Lipinski definition) is 21. The number of anilines is 3. The number of aliphatic hydroxyl groups is 4. The number of H-pyrrole nitrogens is 2. The van der Waals surface area contributed by atoms with Crippen molar-refractivity contribution < 1.29 is 39.4 Å². The van der Waals surface area contributed by atoms with Gasteiger partial charge in [0.1, 0.15) is 42.6 Å². The molecule has 4 fully saturated rings.